The second-order valence-electron chi connectivity index (χ2n) is 8.03. The quantitative estimate of drug-likeness (QED) is 0.766. The Balaban J connectivity index is 1.50. The topological polar surface area (TPSA) is 73.4 Å². The number of thioether (sulfide) groups is 1. The molecule has 0 bridgehead atoms. The van der Waals surface area contributed by atoms with Crippen LogP contribution < -0.4 is 10.3 Å². The smallest absolute Gasteiger partial charge is 0.261 e. The van der Waals surface area contributed by atoms with Gasteiger partial charge in [0.05, 0.1) is 17.9 Å². The Morgan fingerprint density at radius 3 is 2.72 bits per heavy atom. The van der Waals surface area contributed by atoms with E-state index < -0.39 is 11.4 Å². The summed E-state index contributed by atoms with van der Waals surface area (Å²) in [5.74, 6) is 1.34. The Bertz CT molecular complexity index is 907. The second-order valence-corrected chi connectivity index (χ2v) is 9.59. The molecule has 3 heterocycles. The van der Waals surface area contributed by atoms with Crippen LogP contribution in [-0.4, -0.2) is 47.7 Å². The van der Waals surface area contributed by atoms with Crippen molar-refractivity contribution in [1.29, 1.82) is 0 Å². The number of fused-ring (bicyclic) bond motifs is 1. The number of benzene rings is 1. The van der Waals surface area contributed by atoms with Gasteiger partial charge >= 0.3 is 0 Å². The van der Waals surface area contributed by atoms with E-state index in [-0.39, 0.29) is 10.1 Å². The molecule has 0 unspecified atom stereocenters. The fourth-order valence-electron chi connectivity index (χ4n) is 3.72. The highest BCUT2D eigenvalue weighted by Gasteiger charge is 2.28. The number of H-pyrrole nitrogens is 1. The normalized spacial score (nSPS) is 20.1. The average Bonchev–Trinajstić information content (AvgIpc) is 2.72. The Hall–Kier alpha value is -1.64. The number of nitrogens with one attached hydrogen (secondary N) is 1. The van der Waals surface area contributed by atoms with Crippen molar-refractivity contribution in [3.05, 3.63) is 34.1 Å². The lowest BCUT2D eigenvalue weighted by atomic mass is 10.0. The van der Waals surface area contributed by atoms with Gasteiger partial charge in [0.1, 0.15) is 22.8 Å². The molecule has 2 aliphatic rings. The predicted octanol–water partition coefficient (Wildman–Crippen LogP) is 3.67. The van der Waals surface area contributed by atoms with Crippen LogP contribution >= 0.6 is 11.8 Å². The first-order chi connectivity index (χ1) is 14.0. The molecule has 2 aliphatic heterocycles. The number of nitrogens with zero attached hydrogens (tertiary/aromatic N) is 1. The van der Waals surface area contributed by atoms with Gasteiger partial charge in [-0.25, -0.2) is 9.37 Å². The third-order valence-electron chi connectivity index (χ3n) is 5.72. The van der Waals surface area contributed by atoms with E-state index in [2.05, 4.69) is 16.9 Å². The van der Waals surface area contributed by atoms with Crippen molar-refractivity contribution in [3.63, 3.8) is 0 Å². The van der Waals surface area contributed by atoms with Crippen LogP contribution in [0.5, 0.6) is 5.75 Å². The lowest BCUT2D eigenvalue weighted by molar-refractivity contribution is 0.0497. The Kier molecular flexibility index (Phi) is 6.41. The third kappa shape index (κ3) is 5.10. The molecule has 29 heavy (non-hydrogen) atoms. The summed E-state index contributed by atoms with van der Waals surface area (Å²) in [5, 5.41) is -0.0190. The molecule has 0 amide bonds. The number of ether oxygens (including phenoxy) is 3. The Labute approximate surface area is 173 Å². The van der Waals surface area contributed by atoms with Crippen molar-refractivity contribution in [2.45, 2.75) is 43.1 Å². The highest BCUT2D eigenvalue weighted by atomic mass is 32.2. The van der Waals surface area contributed by atoms with Gasteiger partial charge in [-0.3, -0.25) is 4.79 Å². The molecule has 1 aromatic heterocycles. The summed E-state index contributed by atoms with van der Waals surface area (Å²) in [4.78, 5) is 19.7. The van der Waals surface area contributed by atoms with E-state index in [1.165, 1.54) is 6.07 Å². The number of hydrogen-bond acceptors (Lipinski definition) is 6. The summed E-state index contributed by atoms with van der Waals surface area (Å²) >= 11 is 1.76. The van der Waals surface area contributed by atoms with Gasteiger partial charge in [-0.05, 0) is 31.6 Å². The third-order valence-corrected chi connectivity index (χ3v) is 7.24. The van der Waals surface area contributed by atoms with Crippen LogP contribution in [0.2, 0.25) is 0 Å². The first kappa shape index (κ1) is 20.6. The zero-order chi connectivity index (χ0) is 20.3. The fourth-order valence-corrected chi connectivity index (χ4v) is 4.79. The van der Waals surface area contributed by atoms with Gasteiger partial charge in [0, 0.05) is 43.3 Å². The van der Waals surface area contributed by atoms with Crippen molar-refractivity contribution in [2.24, 2.45) is 5.92 Å². The molecule has 2 saturated heterocycles. The minimum Gasteiger partial charge on any atom is -0.493 e. The van der Waals surface area contributed by atoms with Crippen LogP contribution in [0.25, 0.3) is 10.9 Å². The molecule has 2 fully saturated rings. The second kappa shape index (κ2) is 9.02. The van der Waals surface area contributed by atoms with Crippen molar-refractivity contribution >= 4 is 22.7 Å². The monoisotopic (exact) mass is 422 g/mol. The highest BCUT2D eigenvalue weighted by Crippen LogP contribution is 2.36. The molecular formula is C21H27FN2O4S. The minimum absolute atomic E-state index is 0.0190. The lowest BCUT2D eigenvalue weighted by Crippen LogP contribution is -2.30. The first-order valence-electron chi connectivity index (χ1n) is 10.2. The van der Waals surface area contributed by atoms with Gasteiger partial charge in [-0.1, -0.05) is 6.92 Å². The SMILES string of the molecule is CC1(SCc2nc3cc(OCC4CCOCC4)cc(F)c3c(=O)[nH]2)CCOCC1. The number of halogens is 1. The molecule has 1 aromatic carbocycles. The van der Waals surface area contributed by atoms with E-state index in [4.69, 9.17) is 14.2 Å². The van der Waals surface area contributed by atoms with Gasteiger partial charge in [0.15, 0.2) is 0 Å². The maximum atomic E-state index is 14.6. The molecule has 0 saturated carbocycles. The van der Waals surface area contributed by atoms with Crippen molar-refractivity contribution < 1.29 is 18.6 Å². The fraction of sp³-hybridized carbons (Fsp3) is 0.619. The van der Waals surface area contributed by atoms with Crippen LogP contribution in [0.15, 0.2) is 16.9 Å². The number of aromatic nitrogens is 2. The largest absolute Gasteiger partial charge is 0.493 e. The van der Waals surface area contributed by atoms with E-state index in [1.54, 1.807) is 17.8 Å². The lowest BCUT2D eigenvalue weighted by Gasteiger charge is -2.32. The summed E-state index contributed by atoms with van der Waals surface area (Å²) in [6.45, 7) is 5.71. The number of aromatic amines is 1. The molecule has 158 valence electrons. The summed E-state index contributed by atoms with van der Waals surface area (Å²) < 4.78 is 31.3. The van der Waals surface area contributed by atoms with Gasteiger partial charge in [0.25, 0.3) is 5.56 Å². The summed E-state index contributed by atoms with van der Waals surface area (Å²) in [7, 11) is 0. The zero-order valence-corrected chi connectivity index (χ0v) is 17.5. The number of hydrogen-bond donors (Lipinski definition) is 1. The van der Waals surface area contributed by atoms with Gasteiger partial charge < -0.3 is 19.2 Å². The van der Waals surface area contributed by atoms with Crippen molar-refractivity contribution in [3.8, 4) is 5.75 Å². The van der Waals surface area contributed by atoms with Gasteiger partial charge in [-0.15, -0.1) is 11.8 Å². The predicted molar refractivity (Wildman–Crippen MR) is 111 cm³/mol. The molecule has 6 nitrogen and oxygen atoms in total. The van der Waals surface area contributed by atoms with E-state index in [0.717, 1.165) is 52.1 Å². The zero-order valence-electron chi connectivity index (χ0n) is 16.7. The Morgan fingerprint density at radius 1 is 1.24 bits per heavy atom. The summed E-state index contributed by atoms with van der Waals surface area (Å²) in [6.07, 6.45) is 3.82. The maximum Gasteiger partial charge on any atom is 0.261 e. The van der Waals surface area contributed by atoms with Crippen LogP contribution in [0, 0.1) is 11.7 Å². The van der Waals surface area contributed by atoms with Crippen molar-refractivity contribution in [1.82, 2.24) is 9.97 Å². The van der Waals surface area contributed by atoms with Gasteiger partial charge in [-0.2, -0.15) is 0 Å². The Morgan fingerprint density at radius 2 is 1.97 bits per heavy atom. The van der Waals surface area contributed by atoms with Gasteiger partial charge in [0.2, 0.25) is 0 Å². The van der Waals surface area contributed by atoms with E-state index in [9.17, 15) is 9.18 Å². The first-order valence-corrected chi connectivity index (χ1v) is 11.2. The molecular weight excluding hydrogens is 395 g/mol. The van der Waals surface area contributed by atoms with Crippen molar-refractivity contribution in [2.75, 3.05) is 33.0 Å². The molecule has 4 rings (SSSR count). The van der Waals surface area contributed by atoms with E-state index in [1.807, 2.05) is 0 Å². The van der Waals surface area contributed by atoms with E-state index >= 15 is 0 Å². The number of rotatable bonds is 6. The molecule has 0 atom stereocenters. The summed E-state index contributed by atoms with van der Waals surface area (Å²) in [6, 6.07) is 2.94. The molecule has 0 radical (unpaired) electrons. The molecule has 0 spiro atoms. The van der Waals surface area contributed by atoms with Crippen LogP contribution in [0.1, 0.15) is 38.4 Å². The summed E-state index contributed by atoms with van der Waals surface area (Å²) in [5.41, 5.74) is -0.111. The van der Waals surface area contributed by atoms with Crippen LogP contribution in [-0.2, 0) is 15.2 Å². The minimum atomic E-state index is -0.603. The molecule has 1 N–H and O–H groups in total. The maximum absolute atomic E-state index is 14.6. The highest BCUT2D eigenvalue weighted by molar-refractivity contribution is 7.99. The van der Waals surface area contributed by atoms with Crippen LogP contribution in [0.3, 0.4) is 0 Å². The van der Waals surface area contributed by atoms with Crippen LogP contribution in [0.4, 0.5) is 4.39 Å². The van der Waals surface area contributed by atoms with E-state index in [0.29, 0.717) is 35.4 Å². The average molecular weight is 423 g/mol. The molecule has 8 heteroatoms. The molecule has 0 aliphatic carbocycles. The standard InChI is InChI=1S/C21H27FN2O4S/c1-21(4-8-27-9-5-21)29-13-18-23-17-11-15(10-16(22)19(17)20(25)24-18)28-12-14-2-6-26-7-3-14/h10-11,14H,2-9,12-13H2,1H3,(H,23,24,25). The molecule has 2 aromatic rings.